The van der Waals surface area contributed by atoms with E-state index >= 15 is 0 Å². The Morgan fingerprint density at radius 1 is 1.15 bits per heavy atom. The van der Waals surface area contributed by atoms with Crippen LogP contribution in [0.3, 0.4) is 0 Å². The highest BCUT2D eigenvalue weighted by Crippen LogP contribution is 2.51. The normalized spacial score (nSPS) is 19.4. The Morgan fingerprint density at radius 2 is 1.90 bits per heavy atom. The topological polar surface area (TPSA) is 102 Å². The second-order valence-corrected chi connectivity index (χ2v) is 11.1. The highest BCUT2D eigenvalue weighted by Gasteiger charge is 2.55. The van der Waals surface area contributed by atoms with Gasteiger partial charge < -0.3 is 24.8 Å². The van der Waals surface area contributed by atoms with Crippen LogP contribution >= 0.6 is 0 Å². The first-order valence-electron chi connectivity index (χ1n) is 13.7. The smallest absolute Gasteiger partial charge is 0.246 e. The number of ether oxygens (including phenoxy) is 1. The predicted molar refractivity (Wildman–Crippen MR) is 159 cm³/mol. The number of carbonyl (C=O) groups is 1. The Kier molecular flexibility index (Phi) is 6.93. The number of carbonyl (C=O) groups excluding carboxylic acids is 1. The summed E-state index contributed by atoms with van der Waals surface area (Å²) in [5, 5.41) is 0.783. The average Bonchev–Trinajstić information content (AvgIpc) is 3.24. The third-order valence-corrected chi connectivity index (χ3v) is 7.85. The number of aromatic nitrogens is 4. The molecule has 9 nitrogen and oxygen atoms in total. The summed E-state index contributed by atoms with van der Waals surface area (Å²) in [6, 6.07) is 11.7. The van der Waals surface area contributed by atoms with Gasteiger partial charge in [0, 0.05) is 56.5 Å². The summed E-state index contributed by atoms with van der Waals surface area (Å²) in [6.07, 6.45) is 6.81. The summed E-state index contributed by atoms with van der Waals surface area (Å²) in [7, 11) is 5.93. The van der Waals surface area contributed by atoms with Gasteiger partial charge in [0.1, 0.15) is 29.2 Å². The third kappa shape index (κ3) is 5.26. The molecular formula is C32H33N7O2. The van der Waals surface area contributed by atoms with Gasteiger partial charge in [-0.15, -0.1) is 0 Å². The molecule has 41 heavy (non-hydrogen) atoms. The summed E-state index contributed by atoms with van der Waals surface area (Å²) >= 11 is 0. The highest BCUT2D eigenvalue weighted by atomic mass is 16.5. The van der Waals surface area contributed by atoms with Crippen molar-refractivity contribution in [3.05, 3.63) is 72.3 Å². The number of nitrogen functional groups attached to an aromatic ring is 1. The van der Waals surface area contributed by atoms with Crippen LogP contribution in [0, 0.1) is 36.5 Å². The van der Waals surface area contributed by atoms with E-state index in [2.05, 4.69) is 26.8 Å². The van der Waals surface area contributed by atoms with Gasteiger partial charge >= 0.3 is 0 Å². The number of amides is 1. The zero-order valence-corrected chi connectivity index (χ0v) is 23.7. The SMILES string of the molecule is Cc1ccnc(Oc2ccc(-c3c(C#CC4C5CN(C(=O)/C=C/CN(C)C)CC45)n(C)c4ncnc(N)c34)cc2)c1. The molecule has 1 aromatic carbocycles. The van der Waals surface area contributed by atoms with Gasteiger partial charge in [0.2, 0.25) is 11.8 Å². The van der Waals surface area contributed by atoms with Gasteiger partial charge in [-0.2, -0.15) is 0 Å². The van der Waals surface area contributed by atoms with Crippen LogP contribution in [0.2, 0.25) is 0 Å². The number of nitrogens with zero attached hydrogens (tertiary/aromatic N) is 6. The molecule has 2 unspecified atom stereocenters. The van der Waals surface area contributed by atoms with Crippen molar-refractivity contribution in [1.82, 2.24) is 29.3 Å². The fourth-order valence-corrected chi connectivity index (χ4v) is 5.62. The summed E-state index contributed by atoms with van der Waals surface area (Å²) in [5.74, 6) is 9.83. The summed E-state index contributed by atoms with van der Waals surface area (Å²) in [6.45, 7) is 4.27. The van der Waals surface area contributed by atoms with Crippen LogP contribution < -0.4 is 10.5 Å². The van der Waals surface area contributed by atoms with E-state index in [9.17, 15) is 4.79 Å². The first-order chi connectivity index (χ1) is 19.8. The van der Waals surface area contributed by atoms with Crippen molar-refractivity contribution in [3.63, 3.8) is 0 Å². The molecular weight excluding hydrogens is 514 g/mol. The van der Waals surface area contributed by atoms with Crippen LogP contribution in [0.25, 0.3) is 22.2 Å². The predicted octanol–water partition coefficient (Wildman–Crippen LogP) is 3.89. The lowest BCUT2D eigenvalue weighted by Crippen LogP contribution is -2.30. The maximum atomic E-state index is 12.5. The van der Waals surface area contributed by atoms with Crippen LogP contribution in [-0.2, 0) is 11.8 Å². The number of anilines is 1. The van der Waals surface area contributed by atoms with Crippen molar-refractivity contribution in [1.29, 1.82) is 0 Å². The monoisotopic (exact) mass is 547 g/mol. The Morgan fingerprint density at radius 3 is 2.61 bits per heavy atom. The Labute approximate surface area is 239 Å². The van der Waals surface area contributed by atoms with Crippen molar-refractivity contribution in [2.45, 2.75) is 6.92 Å². The van der Waals surface area contributed by atoms with E-state index in [0.29, 0.717) is 29.3 Å². The first-order valence-corrected chi connectivity index (χ1v) is 13.7. The van der Waals surface area contributed by atoms with Gasteiger partial charge in [-0.3, -0.25) is 4.79 Å². The first kappa shape index (κ1) is 26.5. The van der Waals surface area contributed by atoms with E-state index in [1.807, 2.05) is 84.9 Å². The number of pyridine rings is 1. The van der Waals surface area contributed by atoms with Gasteiger partial charge in [0.05, 0.1) is 5.39 Å². The maximum Gasteiger partial charge on any atom is 0.246 e. The number of fused-ring (bicyclic) bond motifs is 2. The number of piperidine rings is 1. The lowest BCUT2D eigenvalue weighted by molar-refractivity contribution is -0.125. The molecule has 2 atom stereocenters. The Hall–Kier alpha value is -4.68. The molecule has 0 spiro atoms. The molecule has 0 radical (unpaired) electrons. The molecule has 208 valence electrons. The maximum absolute atomic E-state index is 12.5. The van der Waals surface area contributed by atoms with Crippen LogP contribution in [0.15, 0.2) is 61.1 Å². The largest absolute Gasteiger partial charge is 0.439 e. The fourth-order valence-electron chi connectivity index (χ4n) is 5.62. The van der Waals surface area contributed by atoms with Crippen LogP contribution in [0.1, 0.15) is 11.3 Å². The summed E-state index contributed by atoms with van der Waals surface area (Å²) in [5.41, 5.74) is 10.9. The van der Waals surface area contributed by atoms with Crippen molar-refractivity contribution in [3.8, 4) is 34.6 Å². The quantitative estimate of drug-likeness (QED) is 0.289. The number of rotatable bonds is 6. The lowest BCUT2D eigenvalue weighted by Gasteiger charge is -2.16. The molecule has 1 saturated heterocycles. The molecule has 2 N–H and O–H groups in total. The third-order valence-electron chi connectivity index (χ3n) is 7.85. The zero-order chi connectivity index (χ0) is 28.7. The number of likely N-dealkylation sites (N-methyl/N-ethyl adjacent to an activating group) is 1. The molecule has 1 saturated carbocycles. The zero-order valence-electron chi connectivity index (χ0n) is 23.7. The molecule has 6 rings (SSSR count). The number of nitrogens with two attached hydrogens (primary N) is 1. The summed E-state index contributed by atoms with van der Waals surface area (Å²) < 4.78 is 7.94. The molecule has 2 aliphatic rings. The minimum atomic E-state index is 0.0846. The molecule has 4 aromatic rings. The molecule has 1 aliphatic heterocycles. The number of hydrogen-bond donors (Lipinski definition) is 1. The Balaban J connectivity index is 1.25. The number of likely N-dealkylation sites (tertiary alicyclic amines) is 1. The van der Waals surface area contributed by atoms with Crippen molar-refractivity contribution in [2.24, 2.45) is 24.8 Å². The van der Waals surface area contributed by atoms with Crippen LogP contribution in [0.4, 0.5) is 5.82 Å². The number of benzene rings is 1. The van der Waals surface area contributed by atoms with Crippen molar-refractivity contribution < 1.29 is 9.53 Å². The number of aryl methyl sites for hydroxylation is 2. The fraction of sp³-hybridized carbons (Fsp3) is 0.312. The van der Waals surface area contributed by atoms with E-state index in [-0.39, 0.29) is 11.8 Å². The van der Waals surface area contributed by atoms with E-state index in [4.69, 9.17) is 10.5 Å². The highest BCUT2D eigenvalue weighted by molar-refractivity contribution is 6.03. The van der Waals surface area contributed by atoms with Gasteiger partial charge in [-0.05, 0) is 68.1 Å². The molecule has 1 aliphatic carbocycles. The number of hydrogen-bond acceptors (Lipinski definition) is 7. The van der Waals surface area contributed by atoms with Crippen molar-refractivity contribution in [2.75, 3.05) is 39.5 Å². The standard InChI is InChI=1S/C32H33N7O2/c1-20-13-14-34-27(16-20)41-22-9-7-21(8-10-22)29-26(38(4)32-30(29)31(33)35-19-36-32)12-11-23-24-17-39(18-25(23)24)28(40)6-5-15-37(2)3/h5-10,13-14,16,19,23-25H,15,17-18H2,1-4H3,(H2,33,35,36)/b6-5+. The molecule has 1 amide bonds. The molecule has 4 heterocycles. The van der Waals surface area contributed by atoms with Crippen LogP contribution in [0.5, 0.6) is 11.6 Å². The van der Waals surface area contributed by atoms with E-state index in [0.717, 1.165) is 53.1 Å². The van der Waals surface area contributed by atoms with E-state index in [1.165, 1.54) is 6.33 Å². The molecule has 0 bridgehead atoms. The lowest BCUT2D eigenvalue weighted by atomic mass is 10.0. The molecule has 2 fully saturated rings. The molecule has 3 aromatic heterocycles. The minimum absolute atomic E-state index is 0.0846. The van der Waals surface area contributed by atoms with Crippen molar-refractivity contribution >= 4 is 22.8 Å². The van der Waals surface area contributed by atoms with Gasteiger partial charge in [-0.25, -0.2) is 15.0 Å². The van der Waals surface area contributed by atoms with Gasteiger partial charge in [-0.1, -0.05) is 24.1 Å². The average molecular weight is 548 g/mol. The van der Waals surface area contributed by atoms with E-state index in [1.54, 1.807) is 12.3 Å². The second kappa shape index (κ2) is 10.7. The Bertz CT molecular complexity index is 1700. The summed E-state index contributed by atoms with van der Waals surface area (Å²) in [4.78, 5) is 29.6. The van der Waals surface area contributed by atoms with Crippen LogP contribution in [-0.4, -0.2) is 69.0 Å². The van der Waals surface area contributed by atoms with Gasteiger partial charge in [0.25, 0.3) is 0 Å². The second-order valence-electron chi connectivity index (χ2n) is 11.1. The van der Waals surface area contributed by atoms with E-state index < -0.39 is 0 Å². The minimum Gasteiger partial charge on any atom is -0.439 e. The molecule has 9 heteroatoms. The van der Waals surface area contributed by atoms with Gasteiger partial charge in [0.15, 0.2) is 0 Å².